The Kier molecular flexibility index (Phi) is 4.30. The minimum Gasteiger partial charge on any atom is -0.481 e. The lowest BCUT2D eigenvalue weighted by Crippen LogP contribution is -2.41. The second-order valence-electron chi connectivity index (χ2n) is 5.79. The topological polar surface area (TPSA) is 57.6 Å². The fourth-order valence-corrected chi connectivity index (χ4v) is 3.07. The molecule has 2 aliphatic rings. The normalized spacial score (nSPS) is 22.0. The van der Waals surface area contributed by atoms with Gasteiger partial charge in [0.2, 0.25) is 5.91 Å². The number of alkyl halides is 3. The molecule has 21 heavy (non-hydrogen) atoms. The van der Waals surface area contributed by atoms with Gasteiger partial charge in [0.25, 0.3) is 0 Å². The van der Waals surface area contributed by atoms with Gasteiger partial charge in [0.1, 0.15) is 0 Å². The van der Waals surface area contributed by atoms with Gasteiger partial charge >= 0.3 is 12.1 Å². The number of carboxylic acids is 1. The number of halogens is 3. The standard InChI is InChI=1S/C14H18F3NO3/c15-14(16,17)10-3-7-18(8-4-10)11(19)9-13(12(20)21)5-1-2-6-13/h3H,1-2,4-9H2,(H,20,21). The van der Waals surface area contributed by atoms with Crippen molar-refractivity contribution in [1.29, 1.82) is 0 Å². The van der Waals surface area contributed by atoms with Gasteiger partial charge in [-0.15, -0.1) is 0 Å². The van der Waals surface area contributed by atoms with Crippen molar-refractivity contribution in [3.05, 3.63) is 11.6 Å². The highest BCUT2D eigenvalue weighted by atomic mass is 19.4. The maximum absolute atomic E-state index is 12.5. The predicted molar refractivity (Wildman–Crippen MR) is 68.5 cm³/mol. The fraction of sp³-hybridized carbons (Fsp3) is 0.714. The zero-order valence-corrected chi connectivity index (χ0v) is 11.6. The molecule has 118 valence electrons. The van der Waals surface area contributed by atoms with E-state index in [1.807, 2.05) is 0 Å². The number of hydrogen-bond acceptors (Lipinski definition) is 2. The van der Waals surface area contributed by atoms with Crippen LogP contribution in [0.3, 0.4) is 0 Å². The van der Waals surface area contributed by atoms with Gasteiger partial charge in [0.05, 0.1) is 5.41 Å². The van der Waals surface area contributed by atoms with Gasteiger partial charge in [-0.25, -0.2) is 0 Å². The molecule has 1 N–H and O–H groups in total. The van der Waals surface area contributed by atoms with Crippen molar-refractivity contribution in [3.8, 4) is 0 Å². The highest BCUT2D eigenvalue weighted by Crippen LogP contribution is 2.42. The summed E-state index contributed by atoms with van der Waals surface area (Å²) >= 11 is 0. The molecule has 0 aromatic rings. The van der Waals surface area contributed by atoms with Gasteiger partial charge < -0.3 is 10.0 Å². The summed E-state index contributed by atoms with van der Waals surface area (Å²) in [4.78, 5) is 24.9. The molecule has 1 amide bonds. The van der Waals surface area contributed by atoms with E-state index in [0.717, 1.165) is 18.9 Å². The SMILES string of the molecule is O=C(CC1(C(=O)O)CCCC1)N1CC=C(C(F)(F)F)CC1. The summed E-state index contributed by atoms with van der Waals surface area (Å²) in [6.45, 7) is -0.0940. The molecule has 0 atom stereocenters. The summed E-state index contributed by atoms with van der Waals surface area (Å²) < 4.78 is 37.5. The molecule has 7 heteroatoms. The molecule has 1 saturated carbocycles. The Labute approximate surface area is 120 Å². The van der Waals surface area contributed by atoms with Gasteiger partial charge in [-0.3, -0.25) is 9.59 Å². The van der Waals surface area contributed by atoms with Crippen LogP contribution >= 0.6 is 0 Å². The quantitative estimate of drug-likeness (QED) is 0.816. The molecule has 1 aliphatic heterocycles. The Morgan fingerprint density at radius 2 is 1.90 bits per heavy atom. The van der Waals surface area contributed by atoms with Crippen LogP contribution in [-0.4, -0.2) is 41.1 Å². The highest BCUT2D eigenvalue weighted by Gasteiger charge is 2.44. The first-order chi connectivity index (χ1) is 9.74. The Balaban J connectivity index is 1.99. The van der Waals surface area contributed by atoms with Crippen molar-refractivity contribution in [3.63, 3.8) is 0 Å². The van der Waals surface area contributed by atoms with Crippen LogP contribution in [-0.2, 0) is 9.59 Å². The number of aliphatic carboxylic acids is 1. The van der Waals surface area contributed by atoms with Crippen molar-refractivity contribution in [2.24, 2.45) is 5.41 Å². The second kappa shape index (κ2) is 5.69. The average molecular weight is 305 g/mol. The predicted octanol–water partition coefficient (Wildman–Crippen LogP) is 2.74. The summed E-state index contributed by atoms with van der Waals surface area (Å²) in [5, 5.41) is 9.33. The molecule has 0 aromatic heterocycles. The number of rotatable bonds is 3. The van der Waals surface area contributed by atoms with Gasteiger partial charge in [-0.2, -0.15) is 13.2 Å². The molecule has 2 rings (SSSR count). The number of carbonyl (C=O) groups is 2. The van der Waals surface area contributed by atoms with Crippen LogP contribution in [0.1, 0.15) is 38.5 Å². The molecule has 1 heterocycles. The third-order valence-electron chi connectivity index (χ3n) is 4.43. The van der Waals surface area contributed by atoms with Crippen LogP contribution in [0.4, 0.5) is 13.2 Å². The number of hydrogen-bond donors (Lipinski definition) is 1. The van der Waals surface area contributed by atoms with Gasteiger partial charge in [0.15, 0.2) is 0 Å². The number of amides is 1. The minimum absolute atomic E-state index is 0.000123. The van der Waals surface area contributed by atoms with E-state index >= 15 is 0 Å². The Morgan fingerprint density at radius 1 is 1.29 bits per heavy atom. The molecule has 0 saturated heterocycles. The van der Waals surface area contributed by atoms with Crippen LogP contribution in [0.25, 0.3) is 0 Å². The molecular weight excluding hydrogens is 287 g/mol. The number of carboxylic acid groups (broad SMARTS) is 1. The summed E-state index contributed by atoms with van der Waals surface area (Å²) in [5.41, 5.74) is -1.63. The summed E-state index contributed by atoms with van der Waals surface area (Å²) in [5.74, 6) is -1.34. The van der Waals surface area contributed by atoms with Gasteiger partial charge in [0, 0.05) is 25.1 Å². The third-order valence-corrected chi connectivity index (χ3v) is 4.43. The summed E-state index contributed by atoms with van der Waals surface area (Å²) in [7, 11) is 0. The Morgan fingerprint density at radius 3 is 2.33 bits per heavy atom. The van der Waals surface area contributed by atoms with Crippen LogP contribution in [0.2, 0.25) is 0 Å². The van der Waals surface area contributed by atoms with E-state index in [1.165, 1.54) is 4.90 Å². The van der Waals surface area contributed by atoms with Crippen molar-refractivity contribution in [2.45, 2.75) is 44.7 Å². The maximum Gasteiger partial charge on any atom is 0.412 e. The van der Waals surface area contributed by atoms with E-state index in [9.17, 15) is 27.9 Å². The third kappa shape index (κ3) is 3.39. The van der Waals surface area contributed by atoms with Crippen molar-refractivity contribution >= 4 is 11.9 Å². The van der Waals surface area contributed by atoms with Gasteiger partial charge in [-0.1, -0.05) is 18.9 Å². The van der Waals surface area contributed by atoms with Crippen molar-refractivity contribution < 1.29 is 27.9 Å². The fourth-order valence-electron chi connectivity index (χ4n) is 3.07. The molecule has 0 bridgehead atoms. The summed E-state index contributed by atoms with van der Waals surface area (Å²) in [6.07, 6.45) is -1.19. The molecule has 4 nitrogen and oxygen atoms in total. The van der Waals surface area contributed by atoms with Gasteiger partial charge in [-0.05, 0) is 19.3 Å². The van der Waals surface area contributed by atoms with E-state index in [-0.39, 0.29) is 31.8 Å². The lowest BCUT2D eigenvalue weighted by Gasteiger charge is -2.31. The zero-order chi connectivity index (χ0) is 15.7. The molecule has 1 aliphatic carbocycles. The monoisotopic (exact) mass is 305 g/mol. The van der Waals surface area contributed by atoms with E-state index in [1.54, 1.807) is 0 Å². The Hall–Kier alpha value is -1.53. The van der Waals surface area contributed by atoms with E-state index in [4.69, 9.17) is 0 Å². The lowest BCUT2D eigenvalue weighted by molar-refractivity contribution is -0.153. The zero-order valence-electron chi connectivity index (χ0n) is 11.6. The molecule has 0 aromatic carbocycles. The van der Waals surface area contributed by atoms with Crippen LogP contribution in [0.5, 0.6) is 0 Å². The first-order valence-electron chi connectivity index (χ1n) is 7.02. The van der Waals surface area contributed by atoms with Crippen LogP contribution in [0.15, 0.2) is 11.6 Å². The molecule has 0 spiro atoms. The highest BCUT2D eigenvalue weighted by molar-refractivity contribution is 5.85. The molecule has 0 unspecified atom stereocenters. The number of carbonyl (C=O) groups excluding carboxylic acids is 1. The second-order valence-corrected chi connectivity index (χ2v) is 5.79. The van der Waals surface area contributed by atoms with Crippen LogP contribution in [0, 0.1) is 5.41 Å². The average Bonchev–Trinajstić information content (AvgIpc) is 2.88. The number of nitrogens with zero attached hydrogens (tertiary/aromatic N) is 1. The van der Waals surface area contributed by atoms with E-state index in [2.05, 4.69) is 0 Å². The smallest absolute Gasteiger partial charge is 0.412 e. The van der Waals surface area contributed by atoms with E-state index < -0.39 is 23.1 Å². The molecular formula is C14H18F3NO3. The first kappa shape index (κ1) is 15.9. The first-order valence-corrected chi connectivity index (χ1v) is 7.02. The Bertz CT molecular complexity index is 465. The molecule has 0 radical (unpaired) electrons. The van der Waals surface area contributed by atoms with Crippen molar-refractivity contribution in [2.75, 3.05) is 13.1 Å². The summed E-state index contributed by atoms with van der Waals surface area (Å²) in [6, 6.07) is 0. The largest absolute Gasteiger partial charge is 0.481 e. The lowest BCUT2D eigenvalue weighted by atomic mass is 9.82. The van der Waals surface area contributed by atoms with Crippen molar-refractivity contribution in [1.82, 2.24) is 4.90 Å². The van der Waals surface area contributed by atoms with Crippen LogP contribution < -0.4 is 0 Å². The maximum atomic E-state index is 12.5. The minimum atomic E-state index is -4.34. The molecule has 1 fully saturated rings. The van der Waals surface area contributed by atoms with E-state index in [0.29, 0.717) is 12.8 Å².